The lowest BCUT2D eigenvalue weighted by atomic mass is 10.2. The Morgan fingerprint density at radius 2 is 1.14 bits per heavy atom. The summed E-state index contributed by atoms with van der Waals surface area (Å²) < 4.78 is 0. The molecule has 2 aromatic carbocycles. The zero-order valence-electron chi connectivity index (χ0n) is 11.8. The fourth-order valence-corrected chi connectivity index (χ4v) is 7.23. The molecule has 0 unspecified atom stereocenters. The van der Waals surface area contributed by atoms with Gasteiger partial charge in [0.15, 0.2) is 5.69 Å². The molecule has 0 aromatic heterocycles. The van der Waals surface area contributed by atoms with E-state index in [4.69, 9.17) is 0 Å². The lowest BCUT2D eigenvalue weighted by Gasteiger charge is -2.16. The van der Waals surface area contributed by atoms with Gasteiger partial charge in [0.1, 0.15) is 0 Å². The molecule has 0 atom stereocenters. The van der Waals surface area contributed by atoms with E-state index in [1.165, 1.54) is 11.1 Å². The monoisotopic (exact) mass is 340 g/mol. The van der Waals surface area contributed by atoms with Gasteiger partial charge in [-0.1, -0.05) is 72.9 Å². The highest BCUT2D eigenvalue weighted by atomic mass is 32.9. The Morgan fingerprint density at radius 3 is 1.48 bits per heavy atom. The van der Waals surface area contributed by atoms with E-state index in [1.54, 1.807) is 0 Å². The minimum Gasteiger partial charge on any atom is -0.341 e. The first-order valence-electron chi connectivity index (χ1n) is 6.89. The van der Waals surface area contributed by atoms with Crippen molar-refractivity contribution >= 4 is 28.0 Å². The van der Waals surface area contributed by atoms with Crippen LogP contribution in [0.5, 0.6) is 0 Å². The van der Waals surface area contributed by atoms with Crippen LogP contribution >= 0.6 is 17.9 Å². The first kappa shape index (κ1) is 16.9. The van der Waals surface area contributed by atoms with Crippen LogP contribution < -0.4 is 0 Å². The summed E-state index contributed by atoms with van der Waals surface area (Å²) in [4.78, 5) is 20.0. The van der Waals surface area contributed by atoms with Crippen LogP contribution in [-0.4, -0.2) is 21.3 Å². The predicted molar refractivity (Wildman–Crippen MR) is 97.7 cm³/mol. The van der Waals surface area contributed by atoms with Gasteiger partial charge in [-0.25, -0.2) is 0 Å². The molecule has 2 rings (SSSR count). The maximum absolute atomic E-state index is 9.98. The second kappa shape index (κ2) is 8.21. The number of rotatable bonds is 6. The summed E-state index contributed by atoms with van der Waals surface area (Å²) in [6, 6.07) is 20.3. The highest BCUT2D eigenvalue weighted by Crippen LogP contribution is 2.47. The largest absolute Gasteiger partial charge is 0.341 e. The minimum atomic E-state index is -3.08. The van der Waals surface area contributed by atoms with Crippen LogP contribution in [0.25, 0.3) is 0 Å². The molecule has 0 amide bonds. The fraction of sp³-hybridized carbons (Fsp3) is 0.250. The van der Waals surface area contributed by atoms with Crippen molar-refractivity contribution in [3.05, 3.63) is 71.8 Å². The Labute approximate surface area is 134 Å². The average Bonchev–Trinajstić information content (AvgIpc) is 2.48. The van der Waals surface area contributed by atoms with Crippen LogP contribution in [0.2, 0.25) is 0 Å². The van der Waals surface area contributed by atoms with Crippen LogP contribution in [0.4, 0.5) is 0 Å². The first-order valence-corrected chi connectivity index (χ1v) is 11.9. The van der Waals surface area contributed by atoms with Gasteiger partial charge in [0.25, 0.3) is 0 Å². The minimum absolute atomic E-state index is 0.456. The summed E-state index contributed by atoms with van der Waals surface area (Å²) in [6.45, 7) is 0. The standard InChI is InChI=1S/C16H21O2PS2/c17-19(18,20)21(13-11-15-7-3-1-4-8-15)14-12-16-9-5-2-6-10-16/h1-10,17-18,20H,11-14H2. The van der Waals surface area contributed by atoms with Gasteiger partial charge in [-0.05, 0) is 35.5 Å². The van der Waals surface area contributed by atoms with Crippen molar-refractivity contribution in [1.82, 2.24) is 0 Å². The van der Waals surface area contributed by atoms with E-state index in [1.807, 2.05) is 36.4 Å². The lowest BCUT2D eigenvalue weighted by Crippen LogP contribution is -2.08. The van der Waals surface area contributed by atoms with E-state index in [0.29, 0.717) is 0 Å². The Morgan fingerprint density at radius 1 is 0.762 bits per heavy atom. The molecular formula is C16H21O2PS2. The zero-order chi connectivity index (χ0) is 15.1. The van der Waals surface area contributed by atoms with Gasteiger partial charge in [-0.15, -0.1) is 10.1 Å². The Hall–Kier alpha value is -0.510. The van der Waals surface area contributed by atoms with Crippen molar-refractivity contribution in [2.45, 2.75) is 12.8 Å². The van der Waals surface area contributed by atoms with Crippen molar-refractivity contribution in [3.63, 3.8) is 0 Å². The van der Waals surface area contributed by atoms with Crippen molar-refractivity contribution < 1.29 is 9.79 Å². The molecule has 0 aliphatic rings. The summed E-state index contributed by atoms with van der Waals surface area (Å²) in [7, 11) is -0.456. The summed E-state index contributed by atoms with van der Waals surface area (Å²) in [5.74, 6) is 1.56. The molecular weight excluding hydrogens is 319 g/mol. The van der Waals surface area contributed by atoms with Gasteiger partial charge >= 0.3 is 0 Å². The average molecular weight is 340 g/mol. The van der Waals surface area contributed by atoms with Gasteiger partial charge < -0.3 is 9.79 Å². The molecule has 0 saturated carbocycles. The molecule has 2 nitrogen and oxygen atoms in total. The van der Waals surface area contributed by atoms with Gasteiger partial charge in [-0.2, -0.15) is 0 Å². The Bertz CT molecular complexity index is 555. The number of aryl methyl sites for hydroxylation is 2. The molecule has 114 valence electrons. The van der Waals surface area contributed by atoms with Crippen molar-refractivity contribution in [2.75, 3.05) is 11.5 Å². The van der Waals surface area contributed by atoms with Crippen LogP contribution in [0.1, 0.15) is 11.1 Å². The smallest absolute Gasteiger partial charge is 0.198 e. The van der Waals surface area contributed by atoms with Crippen LogP contribution in [0, 0.1) is 0 Å². The maximum Gasteiger partial charge on any atom is 0.198 e. The van der Waals surface area contributed by atoms with Gasteiger partial charge in [-0.3, -0.25) is 0 Å². The lowest BCUT2D eigenvalue weighted by molar-refractivity contribution is 0.502. The molecule has 0 bridgehead atoms. The number of hydrogen-bond acceptors (Lipinski definition) is 0. The summed E-state index contributed by atoms with van der Waals surface area (Å²) >= 11 is 4.08. The van der Waals surface area contributed by atoms with Crippen LogP contribution in [0.3, 0.4) is 0 Å². The van der Waals surface area contributed by atoms with Crippen LogP contribution in [-0.2, 0) is 22.9 Å². The van der Waals surface area contributed by atoms with E-state index in [9.17, 15) is 9.79 Å². The molecule has 2 aromatic rings. The normalized spacial score (nSPS) is 11.8. The second-order valence-corrected chi connectivity index (χ2v) is 13.2. The first-order chi connectivity index (χ1) is 10.1. The van der Waals surface area contributed by atoms with Crippen LogP contribution in [0.15, 0.2) is 60.7 Å². The molecule has 21 heavy (non-hydrogen) atoms. The third kappa shape index (κ3) is 6.01. The number of thiol groups is 1. The van der Waals surface area contributed by atoms with E-state index in [2.05, 4.69) is 36.5 Å². The van der Waals surface area contributed by atoms with E-state index in [-0.39, 0.29) is 0 Å². The van der Waals surface area contributed by atoms with Crippen molar-refractivity contribution in [3.8, 4) is 0 Å². The second-order valence-electron chi connectivity index (χ2n) is 4.86. The van der Waals surface area contributed by atoms with Gasteiger partial charge in [0, 0.05) is 0 Å². The third-order valence-corrected chi connectivity index (χ3v) is 10.6. The number of hydrogen-bond donors (Lipinski definition) is 3. The fourth-order valence-electron chi connectivity index (χ4n) is 2.11. The highest BCUT2D eigenvalue weighted by molar-refractivity contribution is 8.65. The Balaban J connectivity index is 2.00. The summed E-state index contributed by atoms with van der Waals surface area (Å²) in [5.41, 5.74) is -0.612. The molecule has 0 radical (unpaired) electrons. The quantitative estimate of drug-likeness (QED) is 0.554. The van der Waals surface area contributed by atoms with Crippen molar-refractivity contribution in [1.29, 1.82) is 0 Å². The summed E-state index contributed by atoms with van der Waals surface area (Å²) in [6.07, 6.45) is 1.73. The maximum atomic E-state index is 9.98. The molecule has 2 N–H and O–H groups in total. The molecule has 5 heteroatoms. The molecule has 0 fully saturated rings. The Kier molecular flexibility index (Phi) is 6.59. The third-order valence-electron chi connectivity index (χ3n) is 3.28. The number of benzene rings is 2. The highest BCUT2D eigenvalue weighted by Gasteiger charge is 2.11. The van der Waals surface area contributed by atoms with E-state index < -0.39 is 15.8 Å². The van der Waals surface area contributed by atoms with E-state index in [0.717, 1.165) is 24.3 Å². The topological polar surface area (TPSA) is 40.5 Å². The summed E-state index contributed by atoms with van der Waals surface area (Å²) in [5, 5.41) is 0. The SMILES string of the molecule is OP(O)(S)=S(CCc1ccccc1)CCc1ccccc1. The molecule has 0 spiro atoms. The zero-order valence-corrected chi connectivity index (χ0v) is 14.4. The molecule has 0 saturated heterocycles. The van der Waals surface area contributed by atoms with Crippen molar-refractivity contribution in [2.24, 2.45) is 0 Å². The van der Waals surface area contributed by atoms with Gasteiger partial charge in [0.05, 0.1) is 0 Å². The van der Waals surface area contributed by atoms with E-state index >= 15 is 0 Å². The molecule has 0 aliphatic heterocycles. The molecule has 0 aliphatic carbocycles. The predicted octanol–water partition coefficient (Wildman–Crippen LogP) is 3.68. The van der Waals surface area contributed by atoms with Gasteiger partial charge in [0.2, 0.25) is 0 Å². The molecule has 0 heterocycles.